The number of aromatic nitrogens is 1. The molecule has 3 aromatic rings. The molecule has 0 fully saturated rings. The molecule has 1 N–H and O–H groups in total. The first kappa shape index (κ1) is 16.6. The van der Waals surface area contributed by atoms with Crippen LogP contribution in [0.5, 0.6) is 0 Å². The molecule has 1 atom stereocenters. The van der Waals surface area contributed by atoms with Gasteiger partial charge in [-0.05, 0) is 40.9 Å². The van der Waals surface area contributed by atoms with Crippen molar-refractivity contribution in [3.8, 4) is 0 Å². The van der Waals surface area contributed by atoms with Crippen molar-refractivity contribution in [1.82, 2.24) is 9.88 Å². The lowest BCUT2D eigenvalue weighted by molar-refractivity contribution is 0.0566. The van der Waals surface area contributed by atoms with Gasteiger partial charge in [0.2, 0.25) is 0 Å². The largest absolute Gasteiger partial charge is 0.394 e. The van der Waals surface area contributed by atoms with E-state index in [-0.39, 0.29) is 18.6 Å². The van der Waals surface area contributed by atoms with Crippen molar-refractivity contribution in [2.75, 3.05) is 6.61 Å². The summed E-state index contributed by atoms with van der Waals surface area (Å²) >= 11 is 1.61. The highest BCUT2D eigenvalue weighted by Gasteiger charge is 2.25. The predicted octanol–water partition coefficient (Wildman–Crippen LogP) is 3.71. The number of para-hydroxylation sites is 1. The number of pyridine rings is 1. The minimum atomic E-state index is -0.212. The molecule has 0 saturated carbocycles. The van der Waals surface area contributed by atoms with Gasteiger partial charge in [0, 0.05) is 18.1 Å². The average molecular weight is 340 g/mol. The number of rotatable bonds is 6. The summed E-state index contributed by atoms with van der Waals surface area (Å²) in [7, 11) is 0. The van der Waals surface area contributed by atoms with E-state index in [0.717, 1.165) is 10.9 Å². The molecule has 2 heterocycles. The SMILES string of the molecule is CC[C@H](CO)N(Cc1ccsc1)C(=O)c1cccc2cccnc12. The highest BCUT2D eigenvalue weighted by molar-refractivity contribution is 7.07. The smallest absolute Gasteiger partial charge is 0.256 e. The number of aliphatic hydroxyl groups excluding tert-OH is 1. The summed E-state index contributed by atoms with van der Waals surface area (Å²) in [6, 6.07) is 11.2. The van der Waals surface area contributed by atoms with Crippen molar-refractivity contribution in [2.45, 2.75) is 25.9 Å². The van der Waals surface area contributed by atoms with Gasteiger partial charge in [-0.25, -0.2) is 0 Å². The van der Waals surface area contributed by atoms with Crippen molar-refractivity contribution in [3.05, 3.63) is 64.5 Å². The molecule has 2 aromatic heterocycles. The molecule has 0 saturated heterocycles. The second-order valence-corrected chi connectivity index (χ2v) is 6.47. The first-order valence-corrected chi connectivity index (χ1v) is 8.95. The Morgan fingerprint density at radius 2 is 2.12 bits per heavy atom. The number of carbonyl (C=O) groups is 1. The van der Waals surface area contributed by atoms with E-state index in [9.17, 15) is 9.90 Å². The van der Waals surface area contributed by atoms with Crippen LogP contribution in [0.25, 0.3) is 10.9 Å². The van der Waals surface area contributed by atoms with E-state index in [4.69, 9.17) is 0 Å². The second kappa shape index (κ2) is 7.55. The van der Waals surface area contributed by atoms with Crippen LogP contribution in [0.2, 0.25) is 0 Å². The van der Waals surface area contributed by atoms with Gasteiger partial charge in [-0.1, -0.05) is 25.1 Å². The number of aliphatic hydroxyl groups is 1. The van der Waals surface area contributed by atoms with Gasteiger partial charge in [0.25, 0.3) is 5.91 Å². The lowest BCUT2D eigenvalue weighted by atomic mass is 10.1. The Labute approximate surface area is 145 Å². The summed E-state index contributed by atoms with van der Waals surface area (Å²) in [6.07, 6.45) is 2.40. The van der Waals surface area contributed by atoms with E-state index >= 15 is 0 Å². The molecule has 0 aliphatic heterocycles. The molecule has 0 bridgehead atoms. The average Bonchev–Trinajstić information content (AvgIpc) is 3.14. The molecule has 3 rings (SSSR count). The van der Waals surface area contributed by atoms with Crippen LogP contribution in [0.1, 0.15) is 29.3 Å². The van der Waals surface area contributed by atoms with Crippen LogP contribution in [-0.2, 0) is 6.54 Å². The Balaban J connectivity index is 2.00. The number of fused-ring (bicyclic) bond motifs is 1. The number of amides is 1. The van der Waals surface area contributed by atoms with Gasteiger partial charge in [0.15, 0.2) is 0 Å². The van der Waals surface area contributed by atoms with Crippen LogP contribution >= 0.6 is 11.3 Å². The van der Waals surface area contributed by atoms with E-state index in [2.05, 4.69) is 4.98 Å². The quantitative estimate of drug-likeness (QED) is 0.744. The van der Waals surface area contributed by atoms with E-state index < -0.39 is 0 Å². The summed E-state index contributed by atoms with van der Waals surface area (Å²) in [5.41, 5.74) is 2.36. The molecule has 0 radical (unpaired) electrons. The van der Waals surface area contributed by atoms with E-state index in [0.29, 0.717) is 24.0 Å². The zero-order valence-electron chi connectivity index (χ0n) is 13.6. The third-order valence-corrected chi connectivity index (χ3v) is 4.91. The van der Waals surface area contributed by atoms with Crippen LogP contribution in [0.3, 0.4) is 0 Å². The van der Waals surface area contributed by atoms with E-state index in [1.54, 1.807) is 22.4 Å². The van der Waals surface area contributed by atoms with Crippen LogP contribution in [-0.4, -0.2) is 33.5 Å². The third-order valence-electron chi connectivity index (χ3n) is 4.18. The van der Waals surface area contributed by atoms with Crippen molar-refractivity contribution < 1.29 is 9.90 Å². The Kier molecular flexibility index (Phi) is 5.23. The van der Waals surface area contributed by atoms with Crippen molar-refractivity contribution in [3.63, 3.8) is 0 Å². The van der Waals surface area contributed by atoms with Gasteiger partial charge in [-0.2, -0.15) is 11.3 Å². The maximum absolute atomic E-state index is 13.2. The maximum atomic E-state index is 13.2. The topological polar surface area (TPSA) is 53.4 Å². The summed E-state index contributed by atoms with van der Waals surface area (Å²) < 4.78 is 0. The molecular formula is C19H20N2O2S. The summed E-state index contributed by atoms with van der Waals surface area (Å²) in [6.45, 7) is 2.42. The number of hydrogen-bond donors (Lipinski definition) is 1. The molecule has 0 aliphatic carbocycles. The first-order chi connectivity index (χ1) is 11.7. The maximum Gasteiger partial charge on any atom is 0.256 e. The summed E-state index contributed by atoms with van der Waals surface area (Å²) in [5.74, 6) is -0.0913. The lowest BCUT2D eigenvalue weighted by Crippen LogP contribution is -2.41. The highest BCUT2D eigenvalue weighted by atomic mass is 32.1. The molecule has 0 unspecified atom stereocenters. The first-order valence-electron chi connectivity index (χ1n) is 8.01. The fourth-order valence-corrected chi connectivity index (χ4v) is 3.49. The normalized spacial score (nSPS) is 12.2. The summed E-state index contributed by atoms with van der Waals surface area (Å²) in [4.78, 5) is 19.4. The Morgan fingerprint density at radius 1 is 1.29 bits per heavy atom. The van der Waals surface area contributed by atoms with Gasteiger partial charge >= 0.3 is 0 Å². The van der Waals surface area contributed by atoms with Gasteiger partial charge in [-0.3, -0.25) is 9.78 Å². The molecular weight excluding hydrogens is 320 g/mol. The minimum Gasteiger partial charge on any atom is -0.394 e. The molecule has 0 spiro atoms. The number of benzene rings is 1. The molecule has 1 aromatic carbocycles. The second-order valence-electron chi connectivity index (χ2n) is 5.69. The van der Waals surface area contributed by atoms with Crippen molar-refractivity contribution in [2.24, 2.45) is 0 Å². The minimum absolute atomic E-state index is 0.0510. The Bertz CT molecular complexity index is 808. The van der Waals surface area contributed by atoms with Gasteiger partial charge in [0.05, 0.1) is 23.7 Å². The summed E-state index contributed by atoms with van der Waals surface area (Å²) in [5, 5.41) is 14.7. The van der Waals surface area contributed by atoms with Gasteiger partial charge < -0.3 is 10.0 Å². The lowest BCUT2D eigenvalue weighted by Gasteiger charge is -2.30. The van der Waals surface area contributed by atoms with Crippen LogP contribution in [0.4, 0.5) is 0 Å². The Morgan fingerprint density at radius 3 is 2.83 bits per heavy atom. The van der Waals surface area contributed by atoms with Crippen LogP contribution in [0, 0.1) is 0 Å². The van der Waals surface area contributed by atoms with Gasteiger partial charge in [0.1, 0.15) is 0 Å². The van der Waals surface area contributed by atoms with E-state index in [1.165, 1.54) is 0 Å². The van der Waals surface area contributed by atoms with Crippen LogP contribution < -0.4 is 0 Å². The molecule has 124 valence electrons. The van der Waals surface area contributed by atoms with Crippen LogP contribution in [0.15, 0.2) is 53.4 Å². The van der Waals surface area contributed by atoms with Gasteiger partial charge in [-0.15, -0.1) is 0 Å². The fraction of sp³-hybridized carbons (Fsp3) is 0.263. The fourth-order valence-electron chi connectivity index (χ4n) is 2.83. The zero-order valence-corrected chi connectivity index (χ0v) is 14.4. The van der Waals surface area contributed by atoms with Crippen molar-refractivity contribution >= 4 is 28.1 Å². The third kappa shape index (κ3) is 3.32. The molecule has 5 heteroatoms. The van der Waals surface area contributed by atoms with Crippen molar-refractivity contribution in [1.29, 1.82) is 0 Å². The molecule has 24 heavy (non-hydrogen) atoms. The Hall–Kier alpha value is -2.24. The highest BCUT2D eigenvalue weighted by Crippen LogP contribution is 2.21. The number of carbonyl (C=O) groups excluding carboxylic acids is 1. The number of hydrogen-bond acceptors (Lipinski definition) is 4. The predicted molar refractivity (Wildman–Crippen MR) is 97.1 cm³/mol. The number of thiophene rings is 1. The molecule has 1 amide bonds. The standard InChI is InChI=1S/C19H20N2O2S/c1-2-16(12-22)21(11-14-8-10-24-13-14)19(23)17-7-3-5-15-6-4-9-20-18(15)17/h3-10,13,16,22H,2,11-12H2,1H3/t16-/m1/s1. The zero-order chi connectivity index (χ0) is 16.9. The molecule has 4 nitrogen and oxygen atoms in total. The van der Waals surface area contributed by atoms with E-state index in [1.807, 2.05) is 54.1 Å². The number of nitrogens with zero attached hydrogens (tertiary/aromatic N) is 2. The molecule has 0 aliphatic rings. The monoisotopic (exact) mass is 340 g/mol.